The molecule has 0 saturated heterocycles. The largest absolute Gasteiger partial charge is 1.00 e. The van der Waals surface area contributed by atoms with Gasteiger partial charge in [-0.15, -0.1) is 50.0 Å². The van der Waals surface area contributed by atoms with Gasteiger partial charge >= 0.3 is 12.1 Å². The van der Waals surface area contributed by atoms with Gasteiger partial charge in [-0.25, -0.2) is 23.5 Å². The van der Waals surface area contributed by atoms with Crippen molar-refractivity contribution in [3.8, 4) is 17.3 Å². The lowest BCUT2D eigenvalue weighted by atomic mass is 9.82. The second-order valence-corrected chi connectivity index (χ2v) is 12.5. The summed E-state index contributed by atoms with van der Waals surface area (Å²) in [6.07, 6.45) is 2.65. The van der Waals surface area contributed by atoms with E-state index in [1.54, 1.807) is 62.7 Å². The summed E-state index contributed by atoms with van der Waals surface area (Å²) in [7, 11) is 3.08. The molecule has 2 aromatic carbocycles. The maximum Gasteiger partial charge on any atom is 0.418 e. The van der Waals surface area contributed by atoms with E-state index in [0.717, 1.165) is 23.8 Å². The summed E-state index contributed by atoms with van der Waals surface area (Å²) in [4.78, 5) is 35.1. The van der Waals surface area contributed by atoms with Crippen LogP contribution in [0, 0.1) is 23.0 Å². The highest BCUT2D eigenvalue weighted by Gasteiger charge is 2.43. The number of pyridine rings is 1. The first-order valence-electron chi connectivity index (χ1n) is 15.7. The molecule has 3 heterocycles. The highest BCUT2D eigenvalue weighted by atomic mass is 79.9. The molecule has 3 aromatic heterocycles. The van der Waals surface area contributed by atoms with E-state index in [4.69, 9.17) is 19.7 Å². The molecule has 19 heteroatoms. The third-order valence-electron chi connectivity index (χ3n) is 8.18. The summed E-state index contributed by atoms with van der Waals surface area (Å²) in [6.45, 7) is 2.85. The van der Waals surface area contributed by atoms with Crippen molar-refractivity contribution in [1.29, 1.82) is 5.26 Å². The van der Waals surface area contributed by atoms with Gasteiger partial charge in [-0.3, -0.25) is 9.69 Å². The fraction of sp³-hybridized carbons (Fsp3) is 0.286. The molecule has 0 fully saturated rings. The van der Waals surface area contributed by atoms with Gasteiger partial charge in [0, 0.05) is 53.3 Å². The smallest absolute Gasteiger partial charge is 0.418 e. The molecule has 0 bridgehead atoms. The Hall–Kier alpha value is -4.19. The number of nitrogens with zero attached hydrogens (tertiary/aromatic N) is 7. The van der Waals surface area contributed by atoms with Gasteiger partial charge in [0.25, 0.3) is 6.33 Å². The lowest BCUT2D eigenvalue weighted by Crippen LogP contribution is -3.00. The van der Waals surface area contributed by atoms with Crippen molar-refractivity contribution in [3.63, 3.8) is 0 Å². The van der Waals surface area contributed by atoms with Gasteiger partial charge in [-0.1, -0.05) is 25.1 Å². The molecule has 54 heavy (non-hydrogen) atoms. The van der Waals surface area contributed by atoms with Crippen molar-refractivity contribution in [1.82, 2.24) is 25.1 Å². The molecule has 5 aromatic rings. The van der Waals surface area contributed by atoms with Crippen LogP contribution in [0.25, 0.3) is 11.3 Å². The zero-order chi connectivity index (χ0) is 36.7. The third-order valence-corrected chi connectivity index (χ3v) is 9.20. The van der Waals surface area contributed by atoms with Crippen LogP contribution in [0.3, 0.4) is 0 Å². The van der Waals surface area contributed by atoms with Gasteiger partial charge in [0.05, 0.1) is 28.9 Å². The zero-order valence-corrected chi connectivity index (χ0v) is 35.2. The van der Waals surface area contributed by atoms with Crippen LogP contribution >= 0.6 is 45.3 Å². The molecular weight excluding hydrogens is 922 g/mol. The molecular formula is C35H37Br3F2N8O5S. The van der Waals surface area contributed by atoms with E-state index in [1.165, 1.54) is 51.4 Å². The number of esters is 1. The number of nitrogens with one attached hydrogen (secondary N) is 1. The number of hydrogen-bond donors (Lipinski definition) is 2. The van der Waals surface area contributed by atoms with Gasteiger partial charge in [0.2, 0.25) is 12.6 Å². The van der Waals surface area contributed by atoms with Crippen molar-refractivity contribution < 1.29 is 54.5 Å². The highest BCUT2D eigenvalue weighted by Crippen LogP contribution is 2.41. The number of nitriles is 1. The van der Waals surface area contributed by atoms with Gasteiger partial charge in [-0.05, 0) is 43.4 Å². The molecule has 0 radical (unpaired) electrons. The van der Waals surface area contributed by atoms with Crippen LogP contribution in [-0.4, -0.2) is 57.6 Å². The van der Waals surface area contributed by atoms with E-state index in [1.807, 2.05) is 0 Å². The number of benzene rings is 2. The highest BCUT2D eigenvalue weighted by molar-refractivity contribution is 8.93. The molecule has 288 valence electrons. The average Bonchev–Trinajstić information content (AvgIpc) is 3.82. The molecule has 0 aliphatic heterocycles. The first kappa shape index (κ1) is 46.0. The first-order chi connectivity index (χ1) is 24.4. The predicted octanol–water partition coefficient (Wildman–Crippen LogP) is 2.74. The summed E-state index contributed by atoms with van der Waals surface area (Å²) in [5.74, 6) is -2.64. The van der Waals surface area contributed by atoms with Gasteiger partial charge in [0.1, 0.15) is 36.2 Å². The van der Waals surface area contributed by atoms with Crippen molar-refractivity contribution >= 4 is 63.2 Å². The number of likely N-dealkylation sites (N-methyl/N-ethyl adjacent to an activating group) is 1. The number of thiazole rings is 1. The van der Waals surface area contributed by atoms with Crippen LogP contribution in [0.5, 0.6) is 0 Å². The van der Waals surface area contributed by atoms with Crippen LogP contribution in [0.1, 0.15) is 47.7 Å². The number of hydrogen-bond acceptors (Lipinski definition) is 11. The normalized spacial score (nSPS) is 12.7. The fourth-order valence-corrected chi connectivity index (χ4v) is 6.22. The van der Waals surface area contributed by atoms with E-state index in [9.17, 15) is 19.1 Å². The summed E-state index contributed by atoms with van der Waals surface area (Å²) < 4.78 is 43.5. The van der Waals surface area contributed by atoms with Crippen LogP contribution in [-0.2, 0) is 33.0 Å². The molecule has 1 amide bonds. The number of ether oxygens (including phenoxy) is 2. The quantitative estimate of drug-likeness (QED) is 0.133. The summed E-state index contributed by atoms with van der Waals surface area (Å²) >= 11 is 1.25. The monoisotopic (exact) mass is 956 g/mol. The van der Waals surface area contributed by atoms with E-state index in [0.29, 0.717) is 21.8 Å². The fourth-order valence-electron chi connectivity index (χ4n) is 5.25. The predicted molar refractivity (Wildman–Crippen MR) is 202 cm³/mol. The lowest BCUT2D eigenvalue weighted by Gasteiger charge is -2.32. The first-order valence-corrected chi connectivity index (χ1v) is 16.6. The number of anilines is 1. The molecule has 2 N–H and O–H groups in total. The number of aliphatic hydroxyl groups is 1. The maximum atomic E-state index is 15.3. The van der Waals surface area contributed by atoms with Crippen LogP contribution in [0.4, 0.5) is 19.4 Å². The Kier molecular flexibility index (Phi) is 17.4. The number of halogens is 5. The minimum absolute atomic E-state index is 0. The summed E-state index contributed by atoms with van der Waals surface area (Å²) in [6, 6.07) is 15.1. The Morgan fingerprint density at radius 2 is 1.89 bits per heavy atom. The standard InChI is InChI=1S/C35H35F2N8O5S.3BrH/c1-22(33-42-30(18-51-33)25-9-7-24(15-38)8-10-25)35(48,28-14-27(36)11-12-29(28)37)19-45-21-44(20-41-45)23(2)50-34(47)43(4)32-26(6-5-13-40-32)17-49-31(46)16-39-3;;;/h5-14,18,20-23,39,48H,16-17,19H2,1-4H3;3*1H/q+1;;;/p-1/t22-,23?,35+;;;/m0.../s1. The average molecular weight is 960 g/mol. The van der Waals surface area contributed by atoms with E-state index >= 15 is 4.39 Å². The van der Waals surface area contributed by atoms with Crippen molar-refractivity contribution in [2.75, 3.05) is 25.5 Å². The molecule has 5 rings (SSSR count). The van der Waals surface area contributed by atoms with Crippen molar-refractivity contribution in [3.05, 3.63) is 112 Å². The Labute approximate surface area is 345 Å². The van der Waals surface area contributed by atoms with Crippen molar-refractivity contribution in [2.45, 2.75) is 44.7 Å². The Balaban J connectivity index is 0.00000336. The second-order valence-electron chi connectivity index (χ2n) is 11.6. The number of rotatable bonds is 13. The summed E-state index contributed by atoms with van der Waals surface area (Å²) in [5.41, 5.74) is 0.000750. The molecule has 0 aliphatic carbocycles. The minimum Gasteiger partial charge on any atom is -1.00 e. The second kappa shape index (κ2) is 20.5. The SMILES string of the molecule is Br.Br.CNCC(=O)OCc1cccnc1N(C)C(=O)OC(C)[n+]1cnn(C[C@](O)(c2cc(F)ccc2F)[C@@H](C)c2nc(-c3ccc(C#N)cc3)cs2)c1.[Br-]. The number of carbonyl (C=O) groups is 2. The Bertz CT molecular complexity index is 2070. The third kappa shape index (κ3) is 10.7. The number of aromatic nitrogens is 5. The van der Waals surface area contributed by atoms with E-state index in [2.05, 4.69) is 21.5 Å². The lowest BCUT2D eigenvalue weighted by molar-refractivity contribution is -0.753. The topological polar surface area (TPSA) is 159 Å². The molecule has 0 spiro atoms. The van der Waals surface area contributed by atoms with Crippen molar-refractivity contribution in [2.24, 2.45) is 0 Å². The molecule has 1 unspecified atom stereocenters. The number of amides is 1. The Morgan fingerprint density at radius 3 is 2.57 bits per heavy atom. The van der Waals surface area contributed by atoms with Crippen LogP contribution < -0.4 is 31.8 Å². The summed E-state index contributed by atoms with van der Waals surface area (Å²) in [5, 5.41) is 30.6. The van der Waals surface area contributed by atoms with Gasteiger partial charge < -0.3 is 36.9 Å². The molecule has 0 aliphatic rings. The van der Waals surface area contributed by atoms with E-state index in [-0.39, 0.29) is 82.0 Å². The Morgan fingerprint density at radius 1 is 1.17 bits per heavy atom. The molecule has 13 nitrogen and oxygen atoms in total. The maximum absolute atomic E-state index is 15.3. The van der Waals surface area contributed by atoms with Crippen LogP contribution in [0.2, 0.25) is 0 Å². The van der Waals surface area contributed by atoms with E-state index < -0.39 is 41.4 Å². The number of carbonyl (C=O) groups excluding carboxylic acids is 2. The molecule has 0 saturated carbocycles. The zero-order valence-electron chi connectivity index (χ0n) is 29.4. The van der Waals surface area contributed by atoms with Gasteiger partial charge in [0.15, 0.2) is 0 Å². The van der Waals surface area contributed by atoms with Gasteiger partial charge in [-0.2, -0.15) is 9.83 Å². The van der Waals surface area contributed by atoms with Crippen LogP contribution in [0.15, 0.2) is 78.8 Å². The minimum atomic E-state index is -2.04. The molecule has 3 atom stereocenters.